The molecule has 0 unspecified atom stereocenters. The van der Waals surface area contributed by atoms with Gasteiger partial charge in [-0.15, -0.1) is 0 Å². The number of esters is 1. The molecule has 0 aliphatic rings. The molecule has 2 aromatic heterocycles. The minimum Gasteiger partial charge on any atom is -0.481 e. The van der Waals surface area contributed by atoms with Crippen molar-refractivity contribution in [3.63, 3.8) is 0 Å². The number of fused-ring (bicyclic) bond motifs is 1. The molecule has 0 saturated carbocycles. The lowest BCUT2D eigenvalue weighted by Gasteiger charge is -2.20. The number of carbonyl (C=O) groups is 2. The molecule has 2 heterocycles. The second-order valence-electron chi connectivity index (χ2n) is 10.5. The Labute approximate surface area is 229 Å². The van der Waals surface area contributed by atoms with Crippen LogP contribution in [0, 0.1) is 0 Å². The van der Waals surface area contributed by atoms with Gasteiger partial charge in [0, 0.05) is 48.2 Å². The predicted molar refractivity (Wildman–Crippen MR) is 151 cm³/mol. The topological polar surface area (TPSA) is 105 Å². The second kappa shape index (κ2) is 13.0. The van der Waals surface area contributed by atoms with E-state index in [1.165, 1.54) is 0 Å². The number of aromatic nitrogens is 2. The van der Waals surface area contributed by atoms with E-state index < -0.39 is 17.5 Å². The summed E-state index contributed by atoms with van der Waals surface area (Å²) in [7, 11) is 3.58. The van der Waals surface area contributed by atoms with Crippen molar-refractivity contribution in [2.24, 2.45) is 0 Å². The zero-order valence-electron chi connectivity index (χ0n) is 22.9. The quantitative estimate of drug-likeness (QED) is 0.175. The van der Waals surface area contributed by atoms with Crippen LogP contribution in [0.1, 0.15) is 76.1 Å². The first-order chi connectivity index (χ1) is 18.0. The lowest BCUT2D eigenvalue weighted by Crippen LogP contribution is -2.23. The molecular formula is C29H38ClN3O5. The highest BCUT2D eigenvalue weighted by molar-refractivity contribution is 6.34. The molecule has 0 fully saturated rings. The molecule has 3 aromatic rings. The summed E-state index contributed by atoms with van der Waals surface area (Å²) in [6, 6.07) is 7.54. The number of aromatic amines is 1. The van der Waals surface area contributed by atoms with E-state index in [1.807, 2.05) is 46.0 Å². The zero-order chi connectivity index (χ0) is 27.9. The van der Waals surface area contributed by atoms with Crippen molar-refractivity contribution in [1.29, 1.82) is 0 Å². The summed E-state index contributed by atoms with van der Waals surface area (Å²) in [6.07, 6.45) is 7.84. The van der Waals surface area contributed by atoms with E-state index in [4.69, 9.17) is 31.2 Å². The Kier molecular flexibility index (Phi) is 10.0. The Balaban J connectivity index is 1.71. The summed E-state index contributed by atoms with van der Waals surface area (Å²) in [5.74, 6) is 0.112. The standard InChI is InChI=1S/C29H38ClN3O5/c1-29(2,3)38-28(36)22-18-31-24-17-23(30)20(16-21(22)24)19-13-14-25(32-27(19)37-5)33(4)15-11-9-7-6-8-10-12-26(34)35/h13-14,16-18,31H,6-12,15H2,1-5H3,(H,34,35). The Bertz CT molecular complexity index is 1270. The van der Waals surface area contributed by atoms with Gasteiger partial charge in [-0.2, -0.15) is 4.98 Å². The largest absolute Gasteiger partial charge is 0.481 e. The van der Waals surface area contributed by atoms with Gasteiger partial charge >= 0.3 is 11.9 Å². The molecule has 0 atom stereocenters. The lowest BCUT2D eigenvalue weighted by atomic mass is 10.0. The normalized spacial score (nSPS) is 11.5. The van der Waals surface area contributed by atoms with E-state index in [1.54, 1.807) is 19.4 Å². The minimum atomic E-state index is -0.724. The van der Waals surface area contributed by atoms with Crippen LogP contribution in [0.4, 0.5) is 5.82 Å². The lowest BCUT2D eigenvalue weighted by molar-refractivity contribution is -0.137. The maximum atomic E-state index is 12.8. The number of rotatable bonds is 13. The number of H-pyrrole nitrogens is 1. The highest BCUT2D eigenvalue weighted by Gasteiger charge is 2.22. The Morgan fingerprint density at radius 3 is 2.39 bits per heavy atom. The molecule has 0 aliphatic heterocycles. The number of pyridine rings is 1. The van der Waals surface area contributed by atoms with Crippen molar-refractivity contribution >= 4 is 40.3 Å². The number of nitrogens with zero attached hydrogens (tertiary/aromatic N) is 2. The first kappa shape index (κ1) is 29.3. The van der Waals surface area contributed by atoms with Gasteiger partial charge in [-0.3, -0.25) is 4.79 Å². The van der Waals surface area contributed by atoms with E-state index in [0.29, 0.717) is 27.4 Å². The van der Waals surface area contributed by atoms with Gasteiger partial charge in [0.2, 0.25) is 5.88 Å². The maximum Gasteiger partial charge on any atom is 0.340 e. The van der Waals surface area contributed by atoms with Gasteiger partial charge in [0.05, 0.1) is 17.7 Å². The fraction of sp³-hybridized carbons (Fsp3) is 0.483. The van der Waals surface area contributed by atoms with Crippen molar-refractivity contribution < 1.29 is 24.2 Å². The predicted octanol–water partition coefficient (Wildman–Crippen LogP) is 7.10. The number of ether oxygens (including phenoxy) is 2. The van der Waals surface area contributed by atoms with Gasteiger partial charge in [0.25, 0.3) is 0 Å². The van der Waals surface area contributed by atoms with Gasteiger partial charge in [0.15, 0.2) is 0 Å². The fourth-order valence-corrected chi connectivity index (χ4v) is 4.57. The number of nitrogens with one attached hydrogen (secondary N) is 1. The smallest absolute Gasteiger partial charge is 0.340 e. The minimum absolute atomic E-state index is 0.251. The fourth-order valence-electron chi connectivity index (χ4n) is 4.30. The van der Waals surface area contributed by atoms with Crippen LogP contribution in [-0.4, -0.2) is 53.3 Å². The number of anilines is 1. The average molecular weight is 544 g/mol. The Hall–Kier alpha value is -3.26. The zero-order valence-corrected chi connectivity index (χ0v) is 23.7. The van der Waals surface area contributed by atoms with Gasteiger partial charge in [-0.25, -0.2) is 4.79 Å². The molecule has 0 aliphatic carbocycles. The van der Waals surface area contributed by atoms with Crippen LogP contribution in [0.5, 0.6) is 5.88 Å². The number of hydrogen-bond donors (Lipinski definition) is 2. The maximum absolute atomic E-state index is 12.8. The van der Waals surface area contributed by atoms with Crippen molar-refractivity contribution in [1.82, 2.24) is 9.97 Å². The Morgan fingerprint density at radius 1 is 1.05 bits per heavy atom. The molecule has 0 bridgehead atoms. The number of hydrogen-bond acceptors (Lipinski definition) is 6. The summed E-state index contributed by atoms with van der Waals surface area (Å²) in [5, 5.41) is 9.94. The first-order valence-corrected chi connectivity index (χ1v) is 13.4. The number of halogens is 1. The third kappa shape index (κ3) is 7.87. The molecule has 2 N–H and O–H groups in total. The monoisotopic (exact) mass is 543 g/mol. The van der Waals surface area contributed by atoms with Gasteiger partial charge in [-0.05, 0) is 57.9 Å². The number of benzene rings is 1. The molecule has 0 saturated heterocycles. The SMILES string of the molecule is COc1nc(N(C)CCCCCCCCC(=O)O)ccc1-c1cc2c(C(=O)OC(C)(C)C)c[nH]c2cc1Cl. The molecule has 8 nitrogen and oxygen atoms in total. The molecule has 38 heavy (non-hydrogen) atoms. The van der Waals surface area contributed by atoms with E-state index in [2.05, 4.69) is 9.88 Å². The molecule has 9 heteroatoms. The molecule has 206 valence electrons. The van der Waals surface area contributed by atoms with Gasteiger partial charge in [0.1, 0.15) is 11.4 Å². The summed E-state index contributed by atoms with van der Waals surface area (Å²) in [5.41, 5.74) is 2.02. The van der Waals surface area contributed by atoms with Crippen LogP contribution < -0.4 is 9.64 Å². The highest BCUT2D eigenvalue weighted by atomic mass is 35.5. The summed E-state index contributed by atoms with van der Waals surface area (Å²) >= 11 is 6.65. The number of carboxylic acid groups (broad SMARTS) is 1. The number of methoxy groups -OCH3 is 1. The van der Waals surface area contributed by atoms with Crippen molar-refractivity contribution in [3.05, 3.63) is 41.0 Å². The number of aliphatic carboxylic acids is 1. The van der Waals surface area contributed by atoms with E-state index >= 15 is 0 Å². The van der Waals surface area contributed by atoms with Crippen LogP contribution in [-0.2, 0) is 9.53 Å². The third-order valence-corrected chi connectivity index (χ3v) is 6.56. The number of carboxylic acids is 1. The molecular weight excluding hydrogens is 506 g/mol. The van der Waals surface area contributed by atoms with Crippen LogP contribution in [0.2, 0.25) is 5.02 Å². The molecule has 0 amide bonds. The average Bonchev–Trinajstić information content (AvgIpc) is 3.26. The van der Waals surface area contributed by atoms with Crippen molar-refractivity contribution in [2.75, 3.05) is 25.6 Å². The van der Waals surface area contributed by atoms with E-state index in [-0.39, 0.29) is 6.42 Å². The van der Waals surface area contributed by atoms with E-state index in [9.17, 15) is 9.59 Å². The third-order valence-electron chi connectivity index (χ3n) is 6.24. The summed E-state index contributed by atoms with van der Waals surface area (Å²) in [4.78, 5) is 33.3. The Morgan fingerprint density at radius 2 is 1.74 bits per heavy atom. The molecule has 3 rings (SSSR count). The van der Waals surface area contributed by atoms with Crippen molar-refractivity contribution in [3.8, 4) is 17.0 Å². The van der Waals surface area contributed by atoms with E-state index in [0.717, 1.165) is 62.0 Å². The number of unbranched alkanes of at least 4 members (excludes halogenated alkanes) is 5. The highest BCUT2D eigenvalue weighted by Crippen LogP contribution is 2.38. The van der Waals surface area contributed by atoms with Crippen LogP contribution in [0.3, 0.4) is 0 Å². The van der Waals surface area contributed by atoms with Gasteiger partial charge < -0.3 is 24.5 Å². The first-order valence-electron chi connectivity index (χ1n) is 13.0. The molecule has 0 spiro atoms. The van der Waals surface area contributed by atoms with Crippen LogP contribution in [0.25, 0.3) is 22.0 Å². The molecule has 0 radical (unpaired) electrons. The number of carbonyl (C=O) groups excluding carboxylic acids is 1. The van der Waals surface area contributed by atoms with Crippen LogP contribution >= 0.6 is 11.6 Å². The van der Waals surface area contributed by atoms with Crippen molar-refractivity contribution in [2.45, 2.75) is 71.3 Å². The second-order valence-corrected chi connectivity index (χ2v) is 10.9. The van der Waals surface area contributed by atoms with Crippen LogP contribution in [0.15, 0.2) is 30.5 Å². The van der Waals surface area contributed by atoms with Gasteiger partial charge in [-0.1, -0.05) is 37.3 Å². The summed E-state index contributed by atoms with van der Waals surface area (Å²) < 4.78 is 11.2. The molecule has 1 aromatic carbocycles. The summed E-state index contributed by atoms with van der Waals surface area (Å²) in [6.45, 7) is 6.35.